The Morgan fingerprint density at radius 2 is 2.00 bits per heavy atom. The number of anilines is 1. The van der Waals surface area contributed by atoms with Gasteiger partial charge >= 0.3 is 0 Å². The second kappa shape index (κ2) is 7.14. The molecule has 0 radical (unpaired) electrons. The molecule has 4 nitrogen and oxygen atoms in total. The van der Waals surface area contributed by atoms with Crippen molar-refractivity contribution in [2.24, 2.45) is 0 Å². The fourth-order valence-corrected chi connectivity index (χ4v) is 2.95. The minimum Gasteiger partial charge on any atom is -0.495 e. The number of amides is 1. The monoisotopic (exact) mass is 311 g/mol. The standard InChI is InChI=1S/C16H23ClN2O2/c1-11-9-14(15(21-3)10-13(11)17)18-16(20)12(2)19-7-5-4-6-8-19/h9-10,12H,4-8H2,1-3H3,(H,18,20)/p+1/t12-/m0/s1. The van der Waals surface area contributed by atoms with Gasteiger partial charge in [0.25, 0.3) is 5.91 Å². The third-order valence-electron chi connectivity index (χ3n) is 4.24. The van der Waals surface area contributed by atoms with E-state index in [0.717, 1.165) is 18.7 Å². The van der Waals surface area contributed by atoms with Crippen molar-refractivity contribution in [1.82, 2.24) is 0 Å². The van der Waals surface area contributed by atoms with Crippen LogP contribution in [0.3, 0.4) is 0 Å². The normalized spacial score (nSPS) is 17.3. The molecule has 1 amide bonds. The van der Waals surface area contributed by atoms with E-state index in [1.807, 2.05) is 19.9 Å². The lowest BCUT2D eigenvalue weighted by Gasteiger charge is -2.28. The summed E-state index contributed by atoms with van der Waals surface area (Å²) in [5.41, 5.74) is 1.61. The molecule has 116 valence electrons. The molecular weight excluding hydrogens is 288 g/mol. The molecule has 0 bridgehead atoms. The Morgan fingerprint density at radius 3 is 2.62 bits per heavy atom. The van der Waals surface area contributed by atoms with Gasteiger partial charge in [0.05, 0.1) is 25.9 Å². The number of quaternary nitrogens is 1. The van der Waals surface area contributed by atoms with E-state index in [1.165, 1.54) is 24.2 Å². The Hall–Kier alpha value is -1.26. The number of ether oxygens (including phenoxy) is 1. The number of rotatable bonds is 4. The molecular formula is C16H24ClN2O2+. The van der Waals surface area contributed by atoms with Crippen molar-refractivity contribution in [2.75, 3.05) is 25.5 Å². The molecule has 2 rings (SSSR count). The fraction of sp³-hybridized carbons (Fsp3) is 0.562. The minimum absolute atomic E-state index is 0.0342. The summed E-state index contributed by atoms with van der Waals surface area (Å²) in [6.45, 7) is 6.05. The summed E-state index contributed by atoms with van der Waals surface area (Å²) in [4.78, 5) is 13.8. The minimum atomic E-state index is -0.0500. The number of halogens is 1. The van der Waals surface area contributed by atoms with Gasteiger partial charge in [-0.05, 0) is 44.7 Å². The fourth-order valence-electron chi connectivity index (χ4n) is 2.80. The number of carbonyl (C=O) groups excluding carboxylic acids is 1. The number of hydrogen-bond donors (Lipinski definition) is 2. The number of likely N-dealkylation sites (tertiary alicyclic amines) is 1. The molecule has 0 aliphatic carbocycles. The highest BCUT2D eigenvalue weighted by atomic mass is 35.5. The van der Waals surface area contributed by atoms with Crippen molar-refractivity contribution >= 4 is 23.2 Å². The zero-order valence-corrected chi connectivity index (χ0v) is 13.7. The molecule has 0 spiro atoms. The topological polar surface area (TPSA) is 42.8 Å². The third-order valence-corrected chi connectivity index (χ3v) is 4.65. The van der Waals surface area contributed by atoms with Gasteiger partial charge in [-0.25, -0.2) is 0 Å². The first kappa shape index (κ1) is 16.1. The molecule has 1 aromatic carbocycles. The Morgan fingerprint density at radius 1 is 1.33 bits per heavy atom. The van der Waals surface area contributed by atoms with Gasteiger partial charge in [-0.1, -0.05) is 11.6 Å². The van der Waals surface area contributed by atoms with Gasteiger partial charge in [-0.2, -0.15) is 0 Å². The van der Waals surface area contributed by atoms with Gasteiger partial charge in [-0.3, -0.25) is 4.79 Å². The zero-order chi connectivity index (χ0) is 15.4. The van der Waals surface area contributed by atoms with E-state index >= 15 is 0 Å². The lowest BCUT2D eigenvalue weighted by Crippen LogP contribution is -3.17. The quantitative estimate of drug-likeness (QED) is 0.894. The molecule has 0 unspecified atom stereocenters. The van der Waals surface area contributed by atoms with Crippen molar-refractivity contribution in [3.8, 4) is 5.75 Å². The van der Waals surface area contributed by atoms with E-state index < -0.39 is 0 Å². The first-order valence-electron chi connectivity index (χ1n) is 7.52. The van der Waals surface area contributed by atoms with E-state index in [4.69, 9.17) is 16.3 Å². The van der Waals surface area contributed by atoms with Gasteiger partial charge in [0, 0.05) is 11.1 Å². The highest BCUT2D eigenvalue weighted by Crippen LogP contribution is 2.30. The first-order chi connectivity index (χ1) is 10.0. The van der Waals surface area contributed by atoms with Gasteiger partial charge < -0.3 is 15.0 Å². The van der Waals surface area contributed by atoms with Crippen LogP contribution in [0.5, 0.6) is 5.75 Å². The largest absolute Gasteiger partial charge is 0.495 e. The van der Waals surface area contributed by atoms with Gasteiger partial charge in [-0.15, -0.1) is 0 Å². The van der Waals surface area contributed by atoms with Crippen LogP contribution >= 0.6 is 11.6 Å². The highest BCUT2D eigenvalue weighted by Gasteiger charge is 2.27. The number of nitrogens with one attached hydrogen (secondary N) is 2. The average molecular weight is 312 g/mol. The van der Waals surface area contributed by atoms with Crippen LogP contribution in [0.1, 0.15) is 31.7 Å². The third kappa shape index (κ3) is 3.89. The number of piperidine rings is 1. The van der Waals surface area contributed by atoms with Crippen molar-refractivity contribution in [3.63, 3.8) is 0 Å². The van der Waals surface area contributed by atoms with Crippen molar-refractivity contribution in [1.29, 1.82) is 0 Å². The van der Waals surface area contributed by atoms with E-state index in [-0.39, 0.29) is 11.9 Å². The highest BCUT2D eigenvalue weighted by molar-refractivity contribution is 6.31. The maximum Gasteiger partial charge on any atom is 0.282 e. The summed E-state index contributed by atoms with van der Waals surface area (Å²) in [5.74, 6) is 0.631. The summed E-state index contributed by atoms with van der Waals surface area (Å²) in [6, 6.07) is 3.55. The lowest BCUT2D eigenvalue weighted by molar-refractivity contribution is -0.918. The molecule has 1 aromatic rings. The van der Waals surface area contributed by atoms with Crippen molar-refractivity contribution in [3.05, 3.63) is 22.7 Å². The van der Waals surface area contributed by atoms with Crippen LogP contribution in [0.2, 0.25) is 5.02 Å². The SMILES string of the molecule is COc1cc(Cl)c(C)cc1NC(=O)[C@H](C)[NH+]1CCCCC1. The Bertz CT molecular complexity index is 513. The van der Waals surface area contributed by atoms with E-state index in [0.29, 0.717) is 16.5 Å². The molecule has 1 fully saturated rings. The first-order valence-corrected chi connectivity index (χ1v) is 7.90. The number of methoxy groups -OCH3 is 1. The molecule has 2 N–H and O–H groups in total. The summed E-state index contributed by atoms with van der Waals surface area (Å²) in [6.07, 6.45) is 3.69. The summed E-state index contributed by atoms with van der Waals surface area (Å²) in [5, 5.41) is 3.62. The number of aryl methyl sites for hydroxylation is 1. The summed E-state index contributed by atoms with van der Waals surface area (Å²) in [7, 11) is 1.58. The van der Waals surface area contributed by atoms with Crippen molar-refractivity contribution < 1.29 is 14.4 Å². The molecule has 1 aliphatic heterocycles. The van der Waals surface area contributed by atoms with E-state index in [2.05, 4.69) is 5.32 Å². The number of hydrogen-bond acceptors (Lipinski definition) is 2. The number of carbonyl (C=O) groups is 1. The van der Waals surface area contributed by atoms with Gasteiger partial charge in [0.2, 0.25) is 0 Å². The van der Waals surface area contributed by atoms with Crippen LogP contribution in [0.25, 0.3) is 0 Å². The predicted octanol–water partition coefficient (Wildman–Crippen LogP) is 2.05. The van der Waals surface area contributed by atoms with Crippen LogP contribution in [0, 0.1) is 6.92 Å². The van der Waals surface area contributed by atoms with Gasteiger partial charge in [0.1, 0.15) is 5.75 Å². The van der Waals surface area contributed by atoms with E-state index in [1.54, 1.807) is 13.2 Å². The molecule has 1 heterocycles. The van der Waals surface area contributed by atoms with Gasteiger partial charge in [0.15, 0.2) is 6.04 Å². The Kier molecular flexibility index (Phi) is 5.48. The molecule has 5 heteroatoms. The van der Waals surface area contributed by atoms with Crippen LogP contribution in [-0.2, 0) is 4.79 Å². The number of benzene rings is 1. The van der Waals surface area contributed by atoms with Crippen LogP contribution in [-0.4, -0.2) is 32.1 Å². The Balaban J connectivity index is 2.09. The zero-order valence-electron chi connectivity index (χ0n) is 13.0. The lowest BCUT2D eigenvalue weighted by atomic mass is 10.1. The molecule has 21 heavy (non-hydrogen) atoms. The molecule has 1 aliphatic rings. The average Bonchev–Trinajstić information content (AvgIpc) is 2.50. The van der Waals surface area contributed by atoms with Crippen molar-refractivity contribution in [2.45, 2.75) is 39.2 Å². The second-order valence-electron chi connectivity index (χ2n) is 5.73. The smallest absolute Gasteiger partial charge is 0.282 e. The molecule has 1 saturated heterocycles. The predicted molar refractivity (Wildman–Crippen MR) is 85.4 cm³/mol. The maximum absolute atomic E-state index is 12.5. The second-order valence-corrected chi connectivity index (χ2v) is 6.14. The maximum atomic E-state index is 12.5. The van der Waals surface area contributed by atoms with Crippen LogP contribution < -0.4 is 15.0 Å². The molecule has 1 atom stereocenters. The van der Waals surface area contributed by atoms with Crippen LogP contribution in [0.4, 0.5) is 5.69 Å². The summed E-state index contributed by atoms with van der Waals surface area (Å²) < 4.78 is 5.30. The molecule has 0 saturated carbocycles. The molecule has 0 aromatic heterocycles. The summed E-state index contributed by atoms with van der Waals surface area (Å²) >= 11 is 6.09. The van der Waals surface area contributed by atoms with Crippen LogP contribution in [0.15, 0.2) is 12.1 Å². The Labute approximate surface area is 131 Å². The van der Waals surface area contributed by atoms with E-state index in [9.17, 15) is 4.79 Å².